The summed E-state index contributed by atoms with van der Waals surface area (Å²) < 4.78 is 0. The average molecular weight is 292 g/mol. The van der Waals surface area contributed by atoms with Crippen molar-refractivity contribution in [3.8, 4) is 0 Å². The molecular weight excluding hydrogens is 272 g/mol. The molecule has 0 unspecified atom stereocenters. The molecule has 0 saturated carbocycles. The Kier molecular flexibility index (Phi) is 6.39. The van der Waals surface area contributed by atoms with Crippen LogP contribution in [0, 0.1) is 0 Å². The van der Waals surface area contributed by atoms with Gasteiger partial charge in [0, 0.05) is 30.8 Å². The number of nitrogens with one attached hydrogen (secondary N) is 1. The lowest BCUT2D eigenvalue weighted by molar-refractivity contribution is -0.137. The second kappa shape index (κ2) is 8.04. The van der Waals surface area contributed by atoms with Crippen molar-refractivity contribution in [1.82, 2.24) is 4.90 Å². The van der Waals surface area contributed by atoms with Crippen molar-refractivity contribution in [2.45, 2.75) is 26.7 Å². The number of aliphatic carboxylic acids is 1. The summed E-state index contributed by atoms with van der Waals surface area (Å²) in [5.41, 5.74) is 0.984. The van der Waals surface area contributed by atoms with Gasteiger partial charge in [0.15, 0.2) is 0 Å². The van der Waals surface area contributed by atoms with Crippen molar-refractivity contribution in [3.63, 3.8) is 0 Å². The Balaban J connectivity index is 2.82. The minimum Gasteiger partial charge on any atom is -0.481 e. The van der Waals surface area contributed by atoms with E-state index < -0.39 is 5.97 Å². The van der Waals surface area contributed by atoms with E-state index in [1.807, 2.05) is 0 Å². The number of carboxylic acids is 1. The van der Waals surface area contributed by atoms with Crippen LogP contribution in [0.3, 0.4) is 0 Å². The van der Waals surface area contributed by atoms with Gasteiger partial charge in [-0.1, -0.05) is 13.0 Å². The van der Waals surface area contributed by atoms with Crippen molar-refractivity contribution >= 4 is 23.5 Å². The molecule has 1 aromatic rings. The van der Waals surface area contributed by atoms with Crippen LogP contribution in [0.25, 0.3) is 0 Å². The molecule has 21 heavy (non-hydrogen) atoms. The first kappa shape index (κ1) is 16.7. The summed E-state index contributed by atoms with van der Waals surface area (Å²) in [5.74, 6) is -1.31. The number of hydrogen-bond acceptors (Lipinski definition) is 3. The van der Waals surface area contributed by atoms with Crippen LogP contribution in [0.2, 0.25) is 0 Å². The van der Waals surface area contributed by atoms with E-state index in [2.05, 4.69) is 5.32 Å². The SMILES string of the molecule is CCC(=O)Nc1cccc(C(=O)N(CC)CCC(=O)O)c1. The Bertz CT molecular complexity index is 528. The number of amides is 2. The number of hydrogen-bond donors (Lipinski definition) is 2. The molecule has 0 aliphatic rings. The molecule has 0 bridgehead atoms. The quantitative estimate of drug-likeness (QED) is 0.804. The van der Waals surface area contributed by atoms with Crippen LogP contribution in [0.1, 0.15) is 37.0 Å². The molecule has 0 aliphatic carbocycles. The summed E-state index contributed by atoms with van der Waals surface area (Å²) in [6.45, 7) is 4.13. The fourth-order valence-corrected chi connectivity index (χ4v) is 1.80. The Morgan fingerprint density at radius 3 is 2.52 bits per heavy atom. The van der Waals surface area contributed by atoms with Gasteiger partial charge in [-0.05, 0) is 25.1 Å². The van der Waals surface area contributed by atoms with E-state index in [0.29, 0.717) is 24.2 Å². The Labute approximate surface area is 123 Å². The van der Waals surface area contributed by atoms with Gasteiger partial charge in [0.1, 0.15) is 0 Å². The zero-order valence-electron chi connectivity index (χ0n) is 12.3. The molecule has 0 fully saturated rings. The predicted molar refractivity (Wildman–Crippen MR) is 79.2 cm³/mol. The van der Waals surface area contributed by atoms with Gasteiger partial charge in [-0.15, -0.1) is 0 Å². The molecule has 0 radical (unpaired) electrons. The summed E-state index contributed by atoms with van der Waals surface area (Å²) >= 11 is 0. The smallest absolute Gasteiger partial charge is 0.305 e. The van der Waals surface area contributed by atoms with Crippen LogP contribution >= 0.6 is 0 Å². The topological polar surface area (TPSA) is 86.7 Å². The van der Waals surface area contributed by atoms with Gasteiger partial charge in [-0.25, -0.2) is 0 Å². The first-order valence-electron chi connectivity index (χ1n) is 6.88. The highest BCUT2D eigenvalue weighted by Gasteiger charge is 2.15. The van der Waals surface area contributed by atoms with Crippen LogP contribution in [0.15, 0.2) is 24.3 Å². The second-order valence-electron chi connectivity index (χ2n) is 4.51. The van der Waals surface area contributed by atoms with Gasteiger partial charge >= 0.3 is 5.97 Å². The highest BCUT2D eigenvalue weighted by Crippen LogP contribution is 2.13. The van der Waals surface area contributed by atoms with Crippen LogP contribution in [-0.4, -0.2) is 40.9 Å². The number of anilines is 1. The van der Waals surface area contributed by atoms with E-state index in [0.717, 1.165) is 0 Å². The number of carbonyl (C=O) groups excluding carboxylic acids is 2. The van der Waals surface area contributed by atoms with Crippen LogP contribution in [0.5, 0.6) is 0 Å². The lowest BCUT2D eigenvalue weighted by Crippen LogP contribution is -2.32. The zero-order valence-corrected chi connectivity index (χ0v) is 12.3. The van der Waals surface area contributed by atoms with Gasteiger partial charge in [0.05, 0.1) is 6.42 Å². The van der Waals surface area contributed by atoms with Crippen molar-refractivity contribution in [2.75, 3.05) is 18.4 Å². The van der Waals surface area contributed by atoms with Crippen molar-refractivity contribution in [2.24, 2.45) is 0 Å². The number of benzene rings is 1. The summed E-state index contributed by atoms with van der Waals surface area (Å²) in [7, 11) is 0. The third-order valence-corrected chi connectivity index (χ3v) is 2.98. The maximum absolute atomic E-state index is 12.3. The molecule has 6 nitrogen and oxygen atoms in total. The van der Waals surface area contributed by atoms with Crippen LogP contribution in [0.4, 0.5) is 5.69 Å². The van der Waals surface area contributed by atoms with Crippen molar-refractivity contribution in [3.05, 3.63) is 29.8 Å². The van der Waals surface area contributed by atoms with E-state index in [4.69, 9.17) is 5.11 Å². The largest absolute Gasteiger partial charge is 0.481 e. The monoisotopic (exact) mass is 292 g/mol. The summed E-state index contributed by atoms with van der Waals surface area (Å²) in [4.78, 5) is 35.7. The van der Waals surface area contributed by atoms with Crippen LogP contribution < -0.4 is 5.32 Å². The highest BCUT2D eigenvalue weighted by molar-refractivity contribution is 5.97. The molecule has 0 heterocycles. The van der Waals surface area contributed by atoms with E-state index in [-0.39, 0.29) is 24.8 Å². The van der Waals surface area contributed by atoms with Gasteiger partial charge < -0.3 is 15.3 Å². The Hall–Kier alpha value is -2.37. The zero-order chi connectivity index (χ0) is 15.8. The molecule has 1 rings (SSSR count). The average Bonchev–Trinajstić information content (AvgIpc) is 2.47. The number of rotatable bonds is 7. The molecule has 0 spiro atoms. The fraction of sp³-hybridized carbons (Fsp3) is 0.400. The van der Waals surface area contributed by atoms with E-state index in [1.54, 1.807) is 38.1 Å². The third-order valence-electron chi connectivity index (χ3n) is 2.98. The fourth-order valence-electron chi connectivity index (χ4n) is 1.80. The van der Waals surface area contributed by atoms with Gasteiger partial charge in [-0.3, -0.25) is 14.4 Å². The predicted octanol–water partition coefficient (Wildman–Crippen LogP) is 1.97. The Morgan fingerprint density at radius 2 is 1.95 bits per heavy atom. The lowest BCUT2D eigenvalue weighted by Gasteiger charge is -2.20. The normalized spacial score (nSPS) is 10.0. The highest BCUT2D eigenvalue weighted by atomic mass is 16.4. The minimum atomic E-state index is -0.940. The van der Waals surface area contributed by atoms with E-state index >= 15 is 0 Å². The first-order valence-corrected chi connectivity index (χ1v) is 6.88. The Morgan fingerprint density at radius 1 is 1.24 bits per heavy atom. The van der Waals surface area contributed by atoms with Crippen molar-refractivity contribution < 1.29 is 19.5 Å². The number of carboxylic acid groups (broad SMARTS) is 1. The third kappa shape index (κ3) is 5.25. The van der Waals surface area contributed by atoms with Gasteiger partial charge in [0.25, 0.3) is 5.91 Å². The molecule has 1 aromatic carbocycles. The molecule has 0 aliphatic heterocycles. The molecule has 114 valence electrons. The van der Waals surface area contributed by atoms with Gasteiger partial charge in [-0.2, -0.15) is 0 Å². The summed E-state index contributed by atoms with van der Waals surface area (Å²) in [6, 6.07) is 6.63. The molecule has 2 N–H and O–H groups in total. The molecule has 0 atom stereocenters. The minimum absolute atomic E-state index is 0.0914. The number of carbonyl (C=O) groups is 3. The summed E-state index contributed by atoms with van der Waals surface area (Å²) in [5, 5.41) is 11.4. The van der Waals surface area contributed by atoms with Gasteiger partial charge in [0.2, 0.25) is 5.91 Å². The van der Waals surface area contributed by atoms with Crippen LogP contribution in [-0.2, 0) is 9.59 Å². The molecule has 0 saturated heterocycles. The number of nitrogens with zero attached hydrogens (tertiary/aromatic N) is 1. The van der Waals surface area contributed by atoms with E-state index in [1.165, 1.54) is 4.90 Å². The van der Waals surface area contributed by atoms with E-state index in [9.17, 15) is 14.4 Å². The summed E-state index contributed by atoms with van der Waals surface area (Å²) in [6.07, 6.45) is 0.268. The molecule has 0 aromatic heterocycles. The first-order chi connectivity index (χ1) is 9.97. The molecule has 6 heteroatoms. The maximum Gasteiger partial charge on any atom is 0.305 e. The lowest BCUT2D eigenvalue weighted by atomic mass is 10.1. The second-order valence-corrected chi connectivity index (χ2v) is 4.51. The molecular formula is C15H20N2O4. The van der Waals surface area contributed by atoms with Crippen molar-refractivity contribution in [1.29, 1.82) is 0 Å². The maximum atomic E-state index is 12.3. The standard InChI is InChI=1S/C15H20N2O4/c1-3-13(18)16-12-7-5-6-11(10-12)15(21)17(4-2)9-8-14(19)20/h5-7,10H,3-4,8-9H2,1-2H3,(H,16,18)(H,19,20). The molecule has 2 amide bonds.